The van der Waals surface area contributed by atoms with Gasteiger partial charge in [-0.2, -0.15) is 5.26 Å². The number of hydrogen-bond acceptors (Lipinski definition) is 4. The van der Waals surface area contributed by atoms with E-state index in [-0.39, 0.29) is 29.9 Å². The summed E-state index contributed by atoms with van der Waals surface area (Å²) in [7, 11) is 0. The maximum atomic E-state index is 12.4. The van der Waals surface area contributed by atoms with Gasteiger partial charge in [0.05, 0.1) is 22.4 Å². The first kappa shape index (κ1) is 21.2. The van der Waals surface area contributed by atoms with Crippen molar-refractivity contribution in [3.8, 4) is 6.07 Å². The van der Waals surface area contributed by atoms with Crippen molar-refractivity contribution in [2.24, 2.45) is 0 Å². The molecule has 154 valence electrons. The van der Waals surface area contributed by atoms with Crippen LogP contribution in [0.4, 0.5) is 5.69 Å². The van der Waals surface area contributed by atoms with Crippen LogP contribution in [0.25, 0.3) is 10.8 Å². The van der Waals surface area contributed by atoms with Gasteiger partial charge in [0.25, 0.3) is 0 Å². The van der Waals surface area contributed by atoms with Crippen LogP contribution in [0.15, 0.2) is 81.8 Å². The van der Waals surface area contributed by atoms with Crippen LogP contribution < -0.4 is 10.6 Å². The number of amides is 2. The van der Waals surface area contributed by atoms with Gasteiger partial charge in [-0.3, -0.25) is 9.59 Å². The third-order valence-electron chi connectivity index (χ3n) is 5.03. The number of fused-ring (bicyclic) bond motifs is 1. The highest BCUT2D eigenvalue weighted by Crippen LogP contribution is 2.38. The minimum absolute atomic E-state index is 0.0825. The van der Waals surface area contributed by atoms with Crippen molar-refractivity contribution in [2.45, 2.75) is 12.3 Å². The average molecular weight is 492 g/mol. The Kier molecular flexibility index (Phi) is 6.40. The van der Waals surface area contributed by atoms with E-state index in [9.17, 15) is 14.9 Å². The van der Waals surface area contributed by atoms with Crippen LogP contribution in [0.1, 0.15) is 17.9 Å². The van der Waals surface area contributed by atoms with Gasteiger partial charge in [0, 0.05) is 22.5 Å². The third kappa shape index (κ3) is 4.82. The van der Waals surface area contributed by atoms with Crippen molar-refractivity contribution in [1.29, 1.82) is 5.26 Å². The Morgan fingerprint density at radius 3 is 2.65 bits per heavy atom. The molecule has 0 fully saturated rings. The topological polar surface area (TPSA) is 82.0 Å². The molecular weight excluding hydrogens is 474 g/mol. The number of nitrogens with zero attached hydrogens (tertiary/aromatic N) is 1. The molecule has 7 heteroatoms. The Morgan fingerprint density at radius 1 is 1.13 bits per heavy atom. The zero-order valence-corrected chi connectivity index (χ0v) is 18.8. The highest BCUT2D eigenvalue weighted by atomic mass is 79.9. The molecule has 2 amide bonds. The molecule has 0 aromatic heterocycles. The first-order valence-electron chi connectivity index (χ1n) is 9.65. The smallest absolute Gasteiger partial charge is 0.234 e. The van der Waals surface area contributed by atoms with Gasteiger partial charge in [0.1, 0.15) is 0 Å². The summed E-state index contributed by atoms with van der Waals surface area (Å²) in [6.07, 6.45) is 0.200. The summed E-state index contributed by atoms with van der Waals surface area (Å²) < 4.78 is 0.924. The monoisotopic (exact) mass is 491 g/mol. The summed E-state index contributed by atoms with van der Waals surface area (Å²) in [5, 5.41) is 18.0. The van der Waals surface area contributed by atoms with Crippen molar-refractivity contribution in [2.75, 3.05) is 11.1 Å². The molecule has 3 aromatic rings. The zero-order valence-electron chi connectivity index (χ0n) is 16.4. The van der Waals surface area contributed by atoms with Gasteiger partial charge in [-0.25, -0.2) is 0 Å². The van der Waals surface area contributed by atoms with Gasteiger partial charge in [-0.1, -0.05) is 70.2 Å². The Balaban J connectivity index is 1.57. The fraction of sp³-hybridized carbons (Fsp3) is 0.125. The molecule has 1 heterocycles. The lowest BCUT2D eigenvalue weighted by atomic mass is 9.84. The number of hydrogen-bond donors (Lipinski definition) is 2. The lowest BCUT2D eigenvalue weighted by molar-refractivity contribution is -0.121. The minimum Gasteiger partial charge on any atom is -0.325 e. The van der Waals surface area contributed by atoms with Crippen molar-refractivity contribution < 1.29 is 9.59 Å². The van der Waals surface area contributed by atoms with E-state index in [0.29, 0.717) is 16.3 Å². The molecule has 0 bridgehead atoms. The Bertz CT molecular complexity index is 1230. The van der Waals surface area contributed by atoms with E-state index < -0.39 is 0 Å². The number of benzene rings is 3. The first-order valence-corrected chi connectivity index (χ1v) is 11.4. The Labute approximate surface area is 192 Å². The molecule has 5 nitrogen and oxygen atoms in total. The van der Waals surface area contributed by atoms with Gasteiger partial charge >= 0.3 is 0 Å². The summed E-state index contributed by atoms with van der Waals surface area (Å²) in [5.74, 6) is -0.632. The quantitative estimate of drug-likeness (QED) is 0.506. The molecule has 0 saturated carbocycles. The molecule has 1 aliphatic rings. The Morgan fingerprint density at radius 2 is 1.87 bits per heavy atom. The van der Waals surface area contributed by atoms with E-state index in [1.807, 2.05) is 54.6 Å². The molecule has 0 saturated heterocycles. The number of allylic oxidation sites excluding steroid dienone is 1. The van der Waals surface area contributed by atoms with E-state index in [1.54, 1.807) is 12.1 Å². The molecule has 1 unspecified atom stereocenters. The molecule has 4 rings (SSSR count). The molecule has 0 aliphatic carbocycles. The van der Waals surface area contributed by atoms with Crippen LogP contribution in [-0.4, -0.2) is 17.6 Å². The molecular formula is C24H18BrN3O2S. The number of carbonyl (C=O) groups excluding carboxylic acids is 2. The highest BCUT2D eigenvalue weighted by Gasteiger charge is 2.30. The van der Waals surface area contributed by atoms with Crippen LogP contribution in [0.5, 0.6) is 0 Å². The second-order valence-electron chi connectivity index (χ2n) is 7.07. The lowest BCUT2D eigenvalue weighted by Gasteiger charge is -2.26. The van der Waals surface area contributed by atoms with Crippen molar-refractivity contribution in [3.63, 3.8) is 0 Å². The number of thioether (sulfide) groups is 1. The maximum Gasteiger partial charge on any atom is 0.234 e. The predicted octanol–water partition coefficient (Wildman–Crippen LogP) is 5.31. The standard InChI is InChI=1S/C24H18BrN3O2S/c25-16-8-10-17(11-9-16)27-23(30)14-31-24-21(13-26)20(12-22(29)28-24)19-7-3-5-15-4-1-2-6-18(15)19/h1-11,20H,12,14H2,(H,27,30)(H,28,29). The second-order valence-corrected chi connectivity index (χ2v) is 8.97. The van der Waals surface area contributed by atoms with Crippen LogP contribution in [0, 0.1) is 11.3 Å². The number of anilines is 1. The summed E-state index contributed by atoms with van der Waals surface area (Å²) in [5.41, 5.74) is 2.11. The fourth-order valence-corrected chi connectivity index (χ4v) is 4.76. The van der Waals surface area contributed by atoms with Gasteiger partial charge in [0.2, 0.25) is 11.8 Å². The Hall–Kier alpha value is -3.08. The molecule has 0 radical (unpaired) electrons. The number of carbonyl (C=O) groups is 2. The summed E-state index contributed by atoms with van der Waals surface area (Å²) >= 11 is 4.53. The van der Waals surface area contributed by atoms with Crippen LogP contribution in [0.2, 0.25) is 0 Å². The normalized spacial score (nSPS) is 16.0. The van der Waals surface area contributed by atoms with Gasteiger partial charge in [0.15, 0.2) is 0 Å². The van der Waals surface area contributed by atoms with Gasteiger partial charge < -0.3 is 10.6 Å². The molecule has 1 aliphatic heterocycles. The fourth-order valence-electron chi connectivity index (χ4n) is 3.62. The molecule has 3 aromatic carbocycles. The van der Waals surface area contributed by atoms with Crippen LogP contribution in [-0.2, 0) is 9.59 Å². The summed E-state index contributed by atoms with van der Waals surface area (Å²) in [4.78, 5) is 24.8. The average Bonchev–Trinajstić information content (AvgIpc) is 2.78. The van der Waals surface area contributed by atoms with Crippen LogP contribution >= 0.6 is 27.7 Å². The SMILES string of the molecule is N#CC1=C(SCC(=O)Nc2ccc(Br)cc2)NC(=O)CC1c1cccc2ccccc12. The maximum absolute atomic E-state index is 12.4. The first-order chi connectivity index (χ1) is 15.0. The number of rotatable bonds is 5. The predicted molar refractivity (Wildman–Crippen MR) is 127 cm³/mol. The largest absolute Gasteiger partial charge is 0.325 e. The van der Waals surface area contributed by atoms with E-state index in [4.69, 9.17) is 0 Å². The number of nitriles is 1. The molecule has 31 heavy (non-hydrogen) atoms. The van der Waals surface area contributed by atoms with Gasteiger partial charge in [-0.15, -0.1) is 0 Å². The van der Waals surface area contributed by atoms with Crippen molar-refractivity contribution in [3.05, 3.63) is 87.4 Å². The van der Waals surface area contributed by atoms with Gasteiger partial charge in [-0.05, 0) is 40.6 Å². The minimum atomic E-state index is -0.345. The van der Waals surface area contributed by atoms with Crippen LogP contribution in [0.3, 0.4) is 0 Å². The summed E-state index contributed by atoms with van der Waals surface area (Å²) in [6.45, 7) is 0. The number of nitrogens with one attached hydrogen (secondary N) is 2. The number of halogens is 1. The summed E-state index contributed by atoms with van der Waals surface area (Å²) in [6, 6.07) is 23.4. The molecule has 0 spiro atoms. The van der Waals surface area contributed by atoms with E-state index in [0.717, 1.165) is 20.8 Å². The van der Waals surface area contributed by atoms with E-state index in [1.165, 1.54) is 11.8 Å². The van der Waals surface area contributed by atoms with E-state index >= 15 is 0 Å². The lowest BCUT2D eigenvalue weighted by Crippen LogP contribution is -2.31. The second kappa shape index (κ2) is 9.38. The highest BCUT2D eigenvalue weighted by molar-refractivity contribution is 9.10. The zero-order chi connectivity index (χ0) is 21.8. The molecule has 2 N–H and O–H groups in total. The van der Waals surface area contributed by atoms with Crippen molar-refractivity contribution in [1.82, 2.24) is 5.32 Å². The van der Waals surface area contributed by atoms with Crippen molar-refractivity contribution >= 4 is 56.0 Å². The molecule has 1 atom stereocenters. The third-order valence-corrected chi connectivity index (χ3v) is 6.58. The van der Waals surface area contributed by atoms with E-state index in [2.05, 4.69) is 32.6 Å².